The fourth-order valence-corrected chi connectivity index (χ4v) is 7.90. The molecule has 0 spiro atoms. The maximum absolute atomic E-state index is 12.2. The van der Waals surface area contributed by atoms with Gasteiger partial charge >= 0.3 is 0 Å². The van der Waals surface area contributed by atoms with Crippen molar-refractivity contribution < 1.29 is 9.90 Å². The Hall–Kier alpha value is -0.370. The molecule has 4 aliphatic carbocycles. The molecule has 4 rings (SSSR count). The molecule has 0 bridgehead atoms. The maximum Gasteiger partial charge on any atom is 0.133 e. The van der Waals surface area contributed by atoms with Crippen LogP contribution in [0, 0.1) is 40.4 Å². The Kier molecular flexibility index (Phi) is 3.72. The third kappa shape index (κ3) is 2.19. The van der Waals surface area contributed by atoms with Gasteiger partial charge in [-0.3, -0.25) is 4.79 Å². The lowest BCUT2D eigenvalue weighted by molar-refractivity contribution is -0.138. The molecule has 2 heteroatoms. The van der Waals surface area contributed by atoms with Crippen molar-refractivity contribution in [2.24, 2.45) is 40.4 Å². The lowest BCUT2D eigenvalue weighted by atomic mass is 9.44. The number of aliphatic hydroxyl groups is 1. The molecule has 0 radical (unpaired) electrons. The van der Waals surface area contributed by atoms with Crippen LogP contribution in [0.25, 0.3) is 0 Å². The fourth-order valence-electron chi connectivity index (χ4n) is 7.90. The molecule has 0 aromatic rings. The van der Waals surface area contributed by atoms with Crippen molar-refractivity contribution in [3.63, 3.8) is 0 Å². The smallest absolute Gasteiger partial charge is 0.133 e. The zero-order chi connectivity index (χ0) is 16.4. The van der Waals surface area contributed by atoms with Crippen molar-refractivity contribution in [1.29, 1.82) is 0 Å². The first-order valence-electron chi connectivity index (χ1n) is 10.0. The molecule has 8 atom stereocenters. The second-order valence-electron chi connectivity index (χ2n) is 9.87. The van der Waals surface area contributed by atoms with E-state index in [1.165, 1.54) is 38.5 Å². The van der Waals surface area contributed by atoms with Crippen LogP contribution >= 0.6 is 0 Å². The van der Waals surface area contributed by atoms with Gasteiger partial charge in [0.2, 0.25) is 0 Å². The second-order valence-corrected chi connectivity index (χ2v) is 9.87. The number of hydrogen-bond donors (Lipinski definition) is 1. The number of aliphatic hydroxyl groups excluding tert-OH is 1. The quantitative estimate of drug-likeness (QED) is 0.767. The van der Waals surface area contributed by atoms with E-state index in [1.807, 2.05) is 6.92 Å². The second kappa shape index (κ2) is 5.31. The minimum absolute atomic E-state index is 0.0490. The van der Waals surface area contributed by atoms with Gasteiger partial charge in [0.05, 0.1) is 6.10 Å². The normalized spacial score (nSPS) is 55.7. The van der Waals surface area contributed by atoms with Crippen molar-refractivity contribution >= 4 is 5.78 Å². The predicted octanol–water partition coefficient (Wildman–Crippen LogP) is 4.60. The van der Waals surface area contributed by atoms with E-state index in [4.69, 9.17) is 0 Å². The van der Waals surface area contributed by atoms with Crippen LogP contribution in [0.15, 0.2) is 0 Å². The summed E-state index contributed by atoms with van der Waals surface area (Å²) >= 11 is 0. The van der Waals surface area contributed by atoms with E-state index in [1.54, 1.807) is 0 Å². The standard InChI is InChI=1S/C21H34O2/c1-13(22)17-6-7-18-16-5-4-14-12-15(23)8-10-20(14,2)19(16)9-11-21(17,18)3/h14-19,23H,4-12H2,1-3H3/t14-,15-,16?,17+,18?,19?,20-,21?/m0/s1. The van der Waals surface area contributed by atoms with Gasteiger partial charge < -0.3 is 5.11 Å². The number of Topliss-reactive ketones (excluding diaryl/α,β-unsaturated/α-hetero) is 1. The Labute approximate surface area is 141 Å². The van der Waals surface area contributed by atoms with E-state index in [9.17, 15) is 9.90 Å². The molecule has 0 aromatic heterocycles. The molecule has 4 fully saturated rings. The number of carbonyl (C=O) groups is 1. The number of carbonyl (C=O) groups excluding carboxylic acids is 1. The summed E-state index contributed by atoms with van der Waals surface area (Å²) < 4.78 is 0. The van der Waals surface area contributed by atoms with Gasteiger partial charge in [-0.05, 0) is 99.2 Å². The highest BCUT2D eigenvalue weighted by Crippen LogP contribution is 2.67. The zero-order valence-electron chi connectivity index (χ0n) is 15.2. The van der Waals surface area contributed by atoms with Crippen molar-refractivity contribution in [2.75, 3.05) is 0 Å². The molecule has 0 heterocycles. The highest BCUT2D eigenvalue weighted by atomic mass is 16.3. The monoisotopic (exact) mass is 318 g/mol. The molecular formula is C21H34O2. The molecule has 4 saturated carbocycles. The van der Waals surface area contributed by atoms with Crippen molar-refractivity contribution in [1.82, 2.24) is 0 Å². The minimum Gasteiger partial charge on any atom is -0.393 e. The van der Waals surface area contributed by atoms with E-state index in [2.05, 4.69) is 13.8 Å². The number of hydrogen-bond acceptors (Lipinski definition) is 2. The van der Waals surface area contributed by atoms with Crippen LogP contribution in [-0.2, 0) is 4.79 Å². The molecular weight excluding hydrogens is 284 g/mol. The van der Waals surface area contributed by atoms with E-state index in [0.717, 1.165) is 42.9 Å². The van der Waals surface area contributed by atoms with Gasteiger partial charge in [0.1, 0.15) is 5.78 Å². The molecule has 4 aliphatic rings. The lowest BCUT2D eigenvalue weighted by Crippen LogP contribution is -2.54. The van der Waals surface area contributed by atoms with Gasteiger partial charge in [0, 0.05) is 5.92 Å². The highest BCUT2D eigenvalue weighted by molar-refractivity contribution is 5.79. The average Bonchev–Trinajstić information content (AvgIpc) is 2.85. The van der Waals surface area contributed by atoms with Gasteiger partial charge in [-0.25, -0.2) is 0 Å². The molecule has 0 amide bonds. The van der Waals surface area contributed by atoms with Crippen molar-refractivity contribution in [3.8, 4) is 0 Å². The zero-order valence-corrected chi connectivity index (χ0v) is 15.2. The van der Waals surface area contributed by atoms with Crippen LogP contribution in [0.3, 0.4) is 0 Å². The first-order chi connectivity index (χ1) is 10.9. The predicted molar refractivity (Wildman–Crippen MR) is 91.9 cm³/mol. The van der Waals surface area contributed by atoms with Crippen molar-refractivity contribution in [2.45, 2.75) is 84.7 Å². The first kappa shape index (κ1) is 16.1. The van der Waals surface area contributed by atoms with Crippen LogP contribution in [0.2, 0.25) is 0 Å². The molecule has 23 heavy (non-hydrogen) atoms. The van der Waals surface area contributed by atoms with Crippen LogP contribution in [-0.4, -0.2) is 17.0 Å². The summed E-state index contributed by atoms with van der Waals surface area (Å²) in [6.07, 6.45) is 10.9. The summed E-state index contributed by atoms with van der Waals surface area (Å²) in [5, 5.41) is 10.1. The largest absolute Gasteiger partial charge is 0.393 e. The Bertz CT molecular complexity index is 500. The van der Waals surface area contributed by atoms with E-state index < -0.39 is 0 Å². The van der Waals surface area contributed by atoms with Crippen LogP contribution < -0.4 is 0 Å². The summed E-state index contributed by atoms with van der Waals surface area (Å²) in [4.78, 5) is 12.2. The first-order valence-corrected chi connectivity index (χ1v) is 10.0. The van der Waals surface area contributed by atoms with Crippen molar-refractivity contribution in [3.05, 3.63) is 0 Å². The summed E-state index contributed by atoms with van der Waals surface area (Å²) in [6.45, 7) is 6.80. The third-order valence-corrected chi connectivity index (χ3v) is 9.13. The van der Waals surface area contributed by atoms with Gasteiger partial charge in [-0.15, -0.1) is 0 Å². The highest BCUT2D eigenvalue weighted by Gasteiger charge is 2.60. The number of rotatable bonds is 1. The summed E-state index contributed by atoms with van der Waals surface area (Å²) in [7, 11) is 0. The van der Waals surface area contributed by atoms with E-state index >= 15 is 0 Å². The Morgan fingerprint density at radius 1 is 0.913 bits per heavy atom. The topological polar surface area (TPSA) is 37.3 Å². The Morgan fingerprint density at radius 2 is 1.61 bits per heavy atom. The minimum atomic E-state index is -0.0490. The molecule has 0 saturated heterocycles. The van der Waals surface area contributed by atoms with E-state index in [0.29, 0.717) is 17.1 Å². The summed E-state index contributed by atoms with van der Waals surface area (Å²) in [5.41, 5.74) is 0.738. The molecule has 2 nitrogen and oxygen atoms in total. The Balaban J connectivity index is 1.61. The molecule has 0 aliphatic heterocycles. The van der Waals surface area contributed by atoms with Gasteiger partial charge in [0.25, 0.3) is 0 Å². The third-order valence-electron chi connectivity index (χ3n) is 9.13. The number of fused-ring (bicyclic) bond motifs is 5. The van der Waals surface area contributed by atoms with Gasteiger partial charge in [-0.1, -0.05) is 13.8 Å². The number of ketones is 1. The summed E-state index contributed by atoms with van der Waals surface area (Å²) in [6, 6.07) is 0. The van der Waals surface area contributed by atoms with Gasteiger partial charge in [0.15, 0.2) is 0 Å². The Morgan fingerprint density at radius 3 is 2.35 bits per heavy atom. The van der Waals surface area contributed by atoms with Crippen LogP contribution in [0.1, 0.15) is 78.6 Å². The van der Waals surface area contributed by atoms with E-state index in [-0.39, 0.29) is 11.5 Å². The average molecular weight is 319 g/mol. The lowest BCUT2D eigenvalue weighted by Gasteiger charge is -2.60. The van der Waals surface area contributed by atoms with Crippen LogP contribution in [0.4, 0.5) is 0 Å². The van der Waals surface area contributed by atoms with Crippen LogP contribution in [0.5, 0.6) is 0 Å². The SMILES string of the molecule is CC(=O)[C@H]1CCC2C3CC[C@H]4C[C@@H](O)CC[C@]4(C)C3CCC21C. The maximum atomic E-state index is 12.2. The molecule has 130 valence electrons. The molecule has 1 N–H and O–H groups in total. The fraction of sp³-hybridized carbons (Fsp3) is 0.952. The summed E-state index contributed by atoms with van der Waals surface area (Å²) in [5.74, 6) is 3.97. The van der Waals surface area contributed by atoms with Gasteiger partial charge in [-0.2, -0.15) is 0 Å². The molecule has 4 unspecified atom stereocenters. The molecule has 0 aromatic carbocycles.